The van der Waals surface area contributed by atoms with Crippen LogP contribution in [0, 0.1) is 26.1 Å². The standard InChI is InChI=1S/C22H16ClN3O4/c23-19-7-5-13(25(27)28)10-16(19)22-18-9-12-3-1-2-4-15(12)21(18)17-11-14(26(29)30)6-8-20(17)24-22/h1-8,10-11,18,21-22,24H,9H2/t18-,21-,22+/m1/s1. The molecule has 3 aromatic rings. The van der Waals surface area contributed by atoms with Crippen molar-refractivity contribution in [2.75, 3.05) is 5.32 Å². The summed E-state index contributed by atoms with van der Waals surface area (Å²) in [4.78, 5) is 21.9. The first-order valence-corrected chi connectivity index (χ1v) is 9.88. The van der Waals surface area contributed by atoms with Gasteiger partial charge in [-0.05, 0) is 41.2 Å². The van der Waals surface area contributed by atoms with Gasteiger partial charge in [-0.3, -0.25) is 20.2 Å². The quantitative estimate of drug-likeness (QED) is 0.436. The average Bonchev–Trinajstić information content (AvgIpc) is 3.13. The Morgan fingerprint density at radius 3 is 2.27 bits per heavy atom. The lowest BCUT2D eigenvalue weighted by atomic mass is 9.75. The van der Waals surface area contributed by atoms with Crippen LogP contribution < -0.4 is 5.32 Å². The summed E-state index contributed by atoms with van der Waals surface area (Å²) in [6, 6.07) is 17.1. The van der Waals surface area contributed by atoms with Crippen LogP contribution in [-0.2, 0) is 6.42 Å². The molecule has 8 heteroatoms. The fraction of sp³-hybridized carbons (Fsp3) is 0.182. The molecule has 0 fully saturated rings. The maximum absolute atomic E-state index is 11.4. The molecule has 0 unspecified atom stereocenters. The van der Waals surface area contributed by atoms with E-state index in [0.717, 1.165) is 23.2 Å². The minimum atomic E-state index is -0.430. The number of halogens is 1. The second kappa shape index (κ2) is 6.81. The summed E-state index contributed by atoms with van der Waals surface area (Å²) in [5, 5.41) is 26.6. The highest BCUT2D eigenvalue weighted by molar-refractivity contribution is 6.31. The molecule has 0 spiro atoms. The van der Waals surface area contributed by atoms with Gasteiger partial charge in [0.05, 0.1) is 15.9 Å². The summed E-state index contributed by atoms with van der Waals surface area (Å²) in [5.74, 6) is -0.0333. The fourth-order valence-electron chi connectivity index (χ4n) is 4.85. The third-order valence-electron chi connectivity index (χ3n) is 6.12. The van der Waals surface area contributed by atoms with Crippen molar-refractivity contribution in [3.63, 3.8) is 0 Å². The molecule has 0 saturated carbocycles. The highest BCUT2D eigenvalue weighted by atomic mass is 35.5. The fourth-order valence-corrected chi connectivity index (χ4v) is 5.09. The third kappa shape index (κ3) is 2.81. The highest BCUT2D eigenvalue weighted by Crippen LogP contribution is 2.55. The van der Waals surface area contributed by atoms with Crippen molar-refractivity contribution >= 4 is 28.7 Å². The van der Waals surface area contributed by atoms with Crippen LogP contribution in [0.5, 0.6) is 0 Å². The summed E-state index contributed by atoms with van der Waals surface area (Å²) >= 11 is 6.48. The van der Waals surface area contributed by atoms with Crippen LogP contribution in [0.15, 0.2) is 60.7 Å². The topological polar surface area (TPSA) is 98.3 Å². The van der Waals surface area contributed by atoms with Gasteiger partial charge in [0.2, 0.25) is 0 Å². The molecule has 1 heterocycles. The number of hydrogen-bond acceptors (Lipinski definition) is 5. The third-order valence-corrected chi connectivity index (χ3v) is 6.46. The summed E-state index contributed by atoms with van der Waals surface area (Å²) in [5.41, 5.74) is 4.67. The van der Waals surface area contributed by atoms with Crippen molar-refractivity contribution in [1.29, 1.82) is 0 Å². The Labute approximate surface area is 176 Å². The second-order valence-corrected chi connectivity index (χ2v) is 8.07. The zero-order valence-corrected chi connectivity index (χ0v) is 16.4. The first kappa shape index (κ1) is 18.6. The molecule has 7 nitrogen and oxygen atoms in total. The number of benzene rings is 3. The Bertz CT molecular complexity index is 1210. The van der Waals surface area contributed by atoms with E-state index in [1.165, 1.54) is 23.8 Å². The number of rotatable bonds is 3. The lowest BCUT2D eigenvalue weighted by Crippen LogP contribution is -2.30. The van der Waals surface area contributed by atoms with E-state index >= 15 is 0 Å². The van der Waals surface area contributed by atoms with E-state index in [2.05, 4.69) is 17.4 Å². The lowest BCUT2D eigenvalue weighted by Gasteiger charge is -2.38. The molecule has 3 atom stereocenters. The molecular formula is C22H16ClN3O4. The zero-order chi connectivity index (χ0) is 21.0. The Hall–Kier alpha value is -3.45. The molecule has 30 heavy (non-hydrogen) atoms. The minimum Gasteiger partial charge on any atom is -0.378 e. The lowest BCUT2D eigenvalue weighted by molar-refractivity contribution is -0.385. The smallest absolute Gasteiger partial charge is 0.269 e. The van der Waals surface area contributed by atoms with Gasteiger partial charge in [-0.25, -0.2) is 0 Å². The Balaban J connectivity index is 1.70. The number of anilines is 1. The number of nitrogens with zero attached hydrogens (tertiary/aromatic N) is 2. The largest absolute Gasteiger partial charge is 0.378 e. The van der Waals surface area contributed by atoms with Crippen molar-refractivity contribution in [2.45, 2.75) is 18.4 Å². The Morgan fingerprint density at radius 2 is 1.53 bits per heavy atom. The van der Waals surface area contributed by atoms with Gasteiger partial charge in [-0.2, -0.15) is 0 Å². The van der Waals surface area contributed by atoms with Crippen LogP contribution >= 0.6 is 11.6 Å². The van der Waals surface area contributed by atoms with Crippen LogP contribution in [-0.4, -0.2) is 9.85 Å². The van der Waals surface area contributed by atoms with Crippen LogP contribution in [0.1, 0.15) is 34.2 Å². The maximum Gasteiger partial charge on any atom is 0.269 e. The van der Waals surface area contributed by atoms with Crippen LogP contribution in [0.4, 0.5) is 17.1 Å². The van der Waals surface area contributed by atoms with E-state index in [1.54, 1.807) is 18.2 Å². The molecule has 1 aliphatic heterocycles. The zero-order valence-electron chi connectivity index (χ0n) is 15.6. The van der Waals surface area contributed by atoms with Crippen LogP contribution in [0.2, 0.25) is 5.02 Å². The normalized spacial score (nSPS) is 21.2. The molecule has 0 radical (unpaired) electrons. The van der Waals surface area contributed by atoms with Gasteiger partial charge < -0.3 is 5.32 Å². The van der Waals surface area contributed by atoms with Gasteiger partial charge in [-0.15, -0.1) is 0 Å². The predicted molar refractivity (Wildman–Crippen MR) is 113 cm³/mol. The van der Waals surface area contributed by atoms with Crippen molar-refractivity contribution in [3.8, 4) is 0 Å². The van der Waals surface area contributed by atoms with Crippen molar-refractivity contribution in [1.82, 2.24) is 0 Å². The number of nitrogens with one attached hydrogen (secondary N) is 1. The van der Waals surface area contributed by atoms with E-state index in [1.807, 2.05) is 12.1 Å². The number of hydrogen-bond donors (Lipinski definition) is 1. The molecule has 0 saturated heterocycles. The highest BCUT2D eigenvalue weighted by Gasteiger charge is 2.44. The van der Waals surface area contributed by atoms with Gasteiger partial charge in [0.1, 0.15) is 0 Å². The van der Waals surface area contributed by atoms with Gasteiger partial charge >= 0.3 is 0 Å². The van der Waals surface area contributed by atoms with Crippen molar-refractivity contribution < 1.29 is 9.85 Å². The van der Waals surface area contributed by atoms with E-state index in [9.17, 15) is 20.2 Å². The second-order valence-electron chi connectivity index (χ2n) is 7.66. The Kier molecular flexibility index (Phi) is 4.22. The van der Waals surface area contributed by atoms with Gasteiger partial charge in [-0.1, -0.05) is 35.9 Å². The Morgan fingerprint density at radius 1 is 0.867 bits per heavy atom. The number of non-ortho nitro benzene ring substituents is 2. The molecule has 0 aromatic heterocycles. The molecule has 150 valence electrons. The predicted octanol–water partition coefficient (Wildman–Crippen LogP) is 5.63. The molecule has 0 bridgehead atoms. The maximum atomic E-state index is 11.4. The molecule has 3 aromatic carbocycles. The first-order chi connectivity index (χ1) is 14.4. The van der Waals surface area contributed by atoms with E-state index in [0.29, 0.717) is 10.6 Å². The van der Waals surface area contributed by atoms with Gasteiger partial charge in [0.25, 0.3) is 11.4 Å². The minimum absolute atomic E-state index is 0.0160. The molecule has 0 amide bonds. The molecule has 2 aliphatic rings. The average molecular weight is 422 g/mol. The summed E-state index contributed by atoms with van der Waals surface area (Å²) in [6.07, 6.45) is 0.750. The molecule has 1 aliphatic carbocycles. The SMILES string of the molecule is O=[N+]([O-])c1ccc2c(c1)[C@H]1c3ccccc3C[C@H]1[C@H](c1cc([N+](=O)[O-])ccc1Cl)N2. The summed E-state index contributed by atoms with van der Waals surface area (Å²) < 4.78 is 0. The number of nitro benzene ring substituents is 2. The summed E-state index contributed by atoms with van der Waals surface area (Å²) in [6.45, 7) is 0. The molecular weight excluding hydrogens is 406 g/mol. The number of fused-ring (bicyclic) bond motifs is 5. The molecule has 1 N–H and O–H groups in total. The van der Waals surface area contributed by atoms with E-state index in [-0.39, 0.29) is 34.2 Å². The van der Waals surface area contributed by atoms with Gasteiger partial charge in [0, 0.05) is 46.5 Å². The van der Waals surface area contributed by atoms with Crippen LogP contribution in [0.3, 0.4) is 0 Å². The molecule has 5 rings (SSSR count). The van der Waals surface area contributed by atoms with E-state index < -0.39 is 4.92 Å². The first-order valence-electron chi connectivity index (χ1n) is 9.50. The number of nitro groups is 2. The van der Waals surface area contributed by atoms with Gasteiger partial charge in [0.15, 0.2) is 0 Å². The monoisotopic (exact) mass is 421 g/mol. The van der Waals surface area contributed by atoms with Crippen LogP contribution in [0.25, 0.3) is 0 Å². The van der Waals surface area contributed by atoms with Crippen molar-refractivity contribution in [2.24, 2.45) is 5.92 Å². The summed E-state index contributed by atoms with van der Waals surface area (Å²) in [7, 11) is 0. The van der Waals surface area contributed by atoms with Crippen molar-refractivity contribution in [3.05, 3.63) is 108 Å². The van der Waals surface area contributed by atoms with E-state index in [4.69, 9.17) is 11.6 Å².